The van der Waals surface area contributed by atoms with Gasteiger partial charge < -0.3 is 0 Å². The molecular formula is C18H20ClFN2O4S2. The molecule has 152 valence electrons. The lowest BCUT2D eigenvalue weighted by molar-refractivity contribution is 0.346. The molecule has 1 N–H and O–H groups in total. The van der Waals surface area contributed by atoms with Gasteiger partial charge in [0.25, 0.3) is 10.0 Å². The molecule has 10 heteroatoms. The molecule has 0 amide bonds. The minimum atomic E-state index is -4.26. The number of halogens is 2. The van der Waals surface area contributed by atoms with Gasteiger partial charge in [0.15, 0.2) is 0 Å². The van der Waals surface area contributed by atoms with Gasteiger partial charge in [-0.2, -0.15) is 4.31 Å². The molecule has 2 aromatic carbocycles. The molecule has 1 aliphatic heterocycles. The molecule has 0 spiro atoms. The molecule has 0 unspecified atom stereocenters. The van der Waals surface area contributed by atoms with E-state index < -0.39 is 30.8 Å². The summed E-state index contributed by atoms with van der Waals surface area (Å²) in [6.07, 6.45) is 2.57. The summed E-state index contributed by atoms with van der Waals surface area (Å²) in [6, 6.07) is 7.46. The van der Waals surface area contributed by atoms with Crippen LogP contribution in [0.4, 0.5) is 10.1 Å². The molecule has 1 fully saturated rings. The Balaban J connectivity index is 1.95. The summed E-state index contributed by atoms with van der Waals surface area (Å²) >= 11 is 5.67. The van der Waals surface area contributed by atoms with E-state index in [0.717, 1.165) is 31.4 Å². The maximum atomic E-state index is 14.1. The van der Waals surface area contributed by atoms with Crippen molar-refractivity contribution in [3.05, 3.63) is 52.8 Å². The number of aryl methyl sites for hydroxylation is 1. The first-order valence-corrected chi connectivity index (χ1v) is 12.0. The first-order chi connectivity index (χ1) is 13.1. The highest BCUT2D eigenvalue weighted by atomic mass is 35.5. The molecule has 1 aliphatic rings. The second-order valence-corrected chi connectivity index (χ2v) is 10.6. The first-order valence-electron chi connectivity index (χ1n) is 8.70. The Labute approximate surface area is 169 Å². The minimum Gasteiger partial charge on any atom is -0.279 e. The van der Waals surface area contributed by atoms with E-state index in [1.165, 1.54) is 28.6 Å². The van der Waals surface area contributed by atoms with Crippen molar-refractivity contribution in [1.29, 1.82) is 0 Å². The Kier molecular flexibility index (Phi) is 6.00. The molecule has 28 heavy (non-hydrogen) atoms. The van der Waals surface area contributed by atoms with E-state index in [-0.39, 0.29) is 15.6 Å². The summed E-state index contributed by atoms with van der Waals surface area (Å²) in [5, 5.41) is 0.0715. The van der Waals surface area contributed by atoms with Gasteiger partial charge in [0.1, 0.15) is 10.7 Å². The third-order valence-corrected chi connectivity index (χ3v) is 8.12. The zero-order chi connectivity index (χ0) is 20.5. The van der Waals surface area contributed by atoms with Crippen molar-refractivity contribution in [1.82, 2.24) is 4.31 Å². The van der Waals surface area contributed by atoms with E-state index in [9.17, 15) is 21.2 Å². The first kappa shape index (κ1) is 21.0. The Bertz CT molecular complexity index is 1100. The van der Waals surface area contributed by atoms with Gasteiger partial charge in [0.05, 0.1) is 10.6 Å². The van der Waals surface area contributed by atoms with Crippen LogP contribution in [0.15, 0.2) is 46.2 Å². The van der Waals surface area contributed by atoms with E-state index in [0.29, 0.717) is 18.7 Å². The number of sulfonamides is 2. The van der Waals surface area contributed by atoms with Crippen LogP contribution in [0.3, 0.4) is 0 Å². The maximum Gasteiger partial charge on any atom is 0.264 e. The Hall–Kier alpha value is -1.68. The zero-order valence-corrected chi connectivity index (χ0v) is 17.5. The van der Waals surface area contributed by atoms with Crippen LogP contribution in [-0.2, 0) is 20.0 Å². The largest absolute Gasteiger partial charge is 0.279 e. The van der Waals surface area contributed by atoms with Gasteiger partial charge >= 0.3 is 0 Å². The molecule has 2 aromatic rings. The fourth-order valence-electron chi connectivity index (χ4n) is 3.02. The predicted molar refractivity (Wildman–Crippen MR) is 106 cm³/mol. The SMILES string of the molecule is Cc1ccc(S(=O)(=O)N2CCCCC2)cc1NS(=O)(=O)c1ccc(Cl)cc1F. The summed E-state index contributed by atoms with van der Waals surface area (Å²) in [5.74, 6) is -0.991. The minimum absolute atomic E-state index is 0.00530. The summed E-state index contributed by atoms with van der Waals surface area (Å²) in [5.41, 5.74) is 0.586. The van der Waals surface area contributed by atoms with Crippen LogP contribution < -0.4 is 4.72 Å². The van der Waals surface area contributed by atoms with Crippen LogP contribution in [0.2, 0.25) is 5.02 Å². The number of benzene rings is 2. The average Bonchev–Trinajstić information content (AvgIpc) is 2.63. The Morgan fingerprint density at radius 1 is 1.00 bits per heavy atom. The van der Waals surface area contributed by atoms with Gasteiger partial charge in [-0.3, -0.25) is 4.72 Å². The lowest BCUT2D eigenvalue weighted by Gasteiger charge is -2.26. The van der Waals surface area contributed by atoms with Crippen LogP contribution in [0.1, 0.15) is 24.8 Å². The zero-order valence-electron chi connectivity index (χ0n) is 15.2. The van der Waals surface area contributed by atoms with Crippen LogP contribution in [-0.4, -0.2) is 34.2 Å². The van der Waals surface area contributed by atoms with Crippen LogP contribution in [0.25, 0.3) is 0 Å². The lowest BCUT2D eigenvalue weighted by atomic mass is 10.2. The van der Waals surface area contributed by atoms with E-state index >= 15 is 0 Å². The number of hydrogen-bond donors (Lipinski definition) is 1. The predicted octanol–water partition coefficient (Wildman–Crippen LogP) is 3.76. The van der Waals surface area contributed by atoms with Crippen molar-refractivity contribution in [2.45, 2.75) is 36.0 Å². The normalized spacial score (nSPS) is 16.1. The van der Waals surface area contributed by atoms with E-state index in [2.05, 4.69) is 4.72 Å². The smallest absolute Gasteiger partial charge is 0.264 e. The molecule has 6 nitrogen and oxygen atoms in total. The third-order valence-electron chi connectivity index (χ3n) is 4.59. The van der Waals surface area contributed by atoms with Gasteiger partial charge in [-0.1, -0.05) is 24.1 Å². The van der Waals surface area contributed by atoms with Gasteiger partial charge in [0.2, 0.25) is 10.0 Å². The second kappa shape index (κ2) is 7.98. The highest BCUT2D eigenvalue weighted by Gasteiger charge is 2.27. The van der Waals surface area contributed by atoms with Crippen molar-refractivity contribution in [3.8, 4) is 0 Å². The molecule has 1 saturated heterocycles. The van der Waals surface area contributed by atoms with Gasteiger partial charge in [-0.15, -0.1) is 0 Å². The number of piperidine rings is 1. The van der Waals surface area contributed by atoms with E-state index in [4.69, 9.17) is 11.6 Å². The number of nitrogens with one attached hydrogen (secondary N) is 1. The Morgan fingerprint density at radius 3 is 2.32 bits per heavy atom. The fraction of sp³-hybridized carbons (Fsp3) is 0.333. The summed E-state index contributed by atoms with van der Waals surface area (Å²) in [7, 11) is -7.99. The lowest BCUT2D eigenvalue weighted by Crippen LogP contribution is -2.35. The number of nitrogens with zero attached hydrogens (tertiary/aromatic N) is 1. The van der Waals surface area contributed by atoms with Crippen LogP contribution in [0.5, 0.6) is 0 Å². The fourth-order valence-corrected chi connectivity index (χ4v) is 5.90. The molecule has 1 heterocycles. The van der Waals surface area contributed by atoms with Crippen LogP contribution in [0, 0.1) is 12.7 Å². The standard InChI is InChI=1S/C18H20ClFN2O4S2/c1-13-5-7-15(28(25,26)22-9-3-2-4-10-22)12-17(13)21-27(23,24)18-8-6-14(19)11-16(18)20/h5-8,11-12,21H,2-4,9-10H2,1H3. The monoisotopic (exact) mass is 446 g/mol. The number of rotatable bonds is 5. The highest BCUT2D eigenvalue weighted by molar-refractivity contribution is 7.92. The van der Waals surface area contributed by atoms with Gasteiger partial charge in [-0.05, 0) is 55.7 Å². The summed E-state index contributed by atoms with van der Waals surface area (Å²) in [6.45, 7) is 2.51. The molecule has 0 bridgehead atoms. The molecule has 0 saturated carbocycles. The second-order valence-electron chi connectivity index (χ2n) is 6.62. The maximum absolute atomic E-state index is 14.1. The average molecular weight is 447 g/mol. The highest BCUT2D eigenvalue weighted by Crippen LogP contribution is 2.28. The molecule has 0 radical (unpaired) electrons. The molecule has 0 atom stereocenters. The molecule has 3 rings (SSSR count). The van der Waals surface area contributed by atoms with Crippen LogP contribution >= 0.6 is 11.6 Å². The number of hydrogen-bond acceptors (Lipinski definition) is 4. The topological polar surface area (TPSA) is 83.6 Å². The summed E-state index contributed by atoms with van der Waals surface area (Å²) in [4.78, 5) is -0.574. The molecule has 0 aliphatic carbocycles. The van der Waals surface area contributed by atoms with Gasteiger partial charge in [-0.25, -0.2) is 21.2 Å². The molecular weight excluding hydrogens is 427 g/mol. The van der Waals surface area contributed by atoms with Crippen molar-refractivity contribution in [2.24, 2.45) is 0 Å². The van der Waals surface area contributed by atoms with Crippen molar-refractivity contribution >= 4 is 37.3 Å². The van der Waals surface area contributed by atoms with E-state index in [1.54, 1.807) is 6.92 Å². The van der Waals surface area contributed by atoms with Gasteiger partial charge in [0, 0.05) is 18.1 Å². The third kappa shape index (κ3) is 4.32. The summed E-state index contributed by atoms with van der Waals surface area (Å²) < 4.78 is 68.6. The van der Waals surface area contributed by atoms with Crippen molar-refractivity contribution in [2.75, 3.05) is 17.8 Å². The van der Waals surface area contributed by atoms with Crippen molar-refractivity contribution in [3.63, 3.8) is 0 Å². The molecule has 0 aromatic heterocycles. The Morgan fingerprint density at radius 2 is 1.68 bits per heavy atom. The number of anilines is 1. The van der Waals surface area contributed by atoms with Crippen molar-refractivity contribution < 1.29 is 21.2 Å². The van der Waals surface area contributed by atoms with E-state index in [1.807, 2.05) is 0 Å². The quantitative estimate of drug-likeness (QED) is 0.757.